The van der Waals surface area contributed by atoms with E-state index in [1.165, 1.54) is 0 Å². The van der Waals surface area contributed by atoms with Crippen molar-refractivity contribution in [2.24, 2.45) is 5.41 Å². The molecule has 0 bridgehead atoms. The fraction of sp³-hybridized carbons (Fsp3) is 0.333. The quantitative estimate of drug-likeness (QED) is 0.212. The molecule has 0 saturated carbocycles. The van der Waals surface area contributed by atoms with Gasteiger partial charge in [0.05, 0.1) is 0 Å². The zero-order valence-electron chi connectivity index (χ0n) is 20.7. The average Bonchev–Trinajstić information content (AvgIpc) is 2.73. The van der Waals surface area contributed by atoms with Gasteiger partial charge in [-0.15, -0.1) is 0 Å². The molecule has 1 aliphatic carbocycles. The monoisotopic (exact) mass is 430 g/mol. The number of hydrogen-bond acceptors (Lipinski definition) is 2. The zero-order valence-corrected chi connectivity index (χ0v) is 20.7. The number of aldehydes is 1. The average molecular weight is 431 g/mol. The Labute approximate surface area is 194 Å². The van der Waals surface area contributed by atoms with Gasteiger partial charge in [0.15, 0.2) is 5.78 Å². The van der Waals surface area contributed by atoms with Crippen LogP contribution in [0, 0.1) is 5.41 Å². The summed E-state index contributed by atoms with van der Waals surface area (Å²) in [7, 11) is 0. The fourth-order valence-electron chi connectivity index (χ4n) is 3.30. The van der Waals surface area contributed by atoms with Gasteiger partial charge in [0.2, 0.25) is 0 Å². The summed E-state index contributed by atoms with van der Waals surface area (Å²) >= 11 is 0. The number of carbonyl (C=O) groups excluding carboxylic acids is 2. The second kappa shape index (κ2) is 13.4. The molecular formula is C30H38O2. The number of rotatable bonds is 9. The van der Waals surface area contributed by atoms with Gasteiger partial charge in [-0.2, -0.15) is 0 Å². The molecule has 0 radical (unpaired) electrons. The van der Waals surface area contributed by atoms with Crippen molar-refractivity contribution in [2.45, 2.75) is 61.3 Å². The van der Waals surface area contributed by atoms with Crippen molar-refractivity contribution < 1.29 is 9.59 Å². The Morgan fingerprint density at radius 3 is 1.75 bits per heavy atom. The summed E-state index contributed by atoms with van der Waals surface area (Å²) in [6.07, 6.45) is 26.5. The molecule has 0 spiro atoms. The molecule has 0 amide bonds. The Morgan fingerprint density at radius 2 is 1.22 bits per heavy atom. The van der Waals surface area contributed by atoms with E-state index in [4.69, 9.17) is 0 Å². The predicted octanol–water partition coefficient (Wildman–Crippen LogP) is 7.90. The van der Waals surface area contributed by atoms with Crippen LogP contribution in [0.1, 0.15) is 61.3 Å². The Bertz CT molecular complexity index is 964. The van der Waals surface area contributed by atoms with Crippen LogP contribution in [0.5, 0.6) is 0 Å². The topological polar surface area (TPSA) is 34.1 Å². The van der Waals surface area contributed by atoms with Gasteiger partial charge in [0.1, 0.15) is 6.29 Å². The van der Waals surface area contributed by atoms with Gasteiger partial charge in [-0.3, -0.25) is 9.59 Å². The summed E-state index contributed by atoms with van der Waals surface area (Å²) in [4.78, 5) is 22.6. The minimum atomic E-state index is 0.0457. The molecule has 2 heteroatoms. The number of Topliss-reactive ketones (excluding diaryl/α,β-unsaturated/α-hetero) is 1. The first kappa shape index (κ1) is 27.0. The Morgan fingerprint density at radius 1 is 0.750 bits per heavy atom. The lowest BCUT2D eigenvalue weighted by molar-refractivity contribution is -0.116. The maximum absolute atomic E-state index is 12.1. The van der Waals surface area contributed by atoms with Gasteiger partial charge in [0, 0.05) is 6.42 Å². The van der Waals surface area contributed by atoms with Gasteiger partial charge >= 0.3 is 0 Å². The second-order valence-electron chi connectivity index (χ2n) is 9.04. The highest BCUT2D eigenvalue weighted by Crippen LogP contribution is 2.39. The van der Waals surface area contributed by atoms with Crippen LogP contribution >= 0.6 is 0 Å². The van der Waals surface area contributed by atoms with E-state index in [0.29, 0.717) is 12.0 Å². The molecule has 0 saturated heterocycles. The summed E-state index contributed by atoms with van der Waals surface area (Å²) in [5.41, 5.74) is 6.20. The van der Waals surface area contributed by atoms with Crippen molar-refractivity contribution >= 4 is 12.1 Å². The third kappa shape index (κ3) is 9.87. The van der Waals surface area contributed by atoms with E-state index in [0.717, 1.165) is 40.6 Å². The van der Waals surface area contributed by atoms with Crippen molar-refractivity contribution in [3.05, 3.63) is 106 Å². The Balaban J connectivity index is 2.71. The molecule has 0 unspecified atom stereocenters. The van der Waals surface area contributed by atoms with Crippen molar-refractivity contribution in [1.82, 2.24) is 0 Å². The van der Waals surface area contributed by atoms with E-state index in [1.54, 1.807) is 13.0 Å². The molecule has 1 rings (SSSR count). The lowest BCUT2D eigenvalue weighted by atomic mass is 9.72. The van der Waals surface area contributed by atoms with Crippen molar-refractivity contribution in [2.75, 3.05) is 0 Å². The maximum Gasteiger partial charge on any atom is 0.158 e. The smallest absolute Gasteiger partial charge is 0.158 e. The van der Waals surface area contributed by atoms with Crippen LogP contribution in [-0.4, -0.2) is 12.1 Å². The van der Waals surface area contributed by atoms with Crippen molar-refractivity contribution in [1.29, 1.82) is 0 Å². The Kier molecular flexibility index (Phi) is 11.3. The molecule has 0 fully saturated rings. The third-order valence-corrected chi connectivity index (χ3v) is 5.49. The van der Waals surface area contributed by atoms with Crippen LogP contribution < -0.4 is 0 Å². The lowest BCUT2D eigenvalue weighted by Gasteiger charge is -2.32. The molecule has 1 aliphatic rings. The summed E-state index contributed by atoms with van der Waals surface area (Å²) in [5.74, 6) is 0.269. The third-order valence-electron chi connectivity index (χ3n) is 5.49. The predicted molar refractivity (Wildman–Crippen MR) is 138 cm³/mol. The normalized spacial score (nSPS) is 19.4. The van der Waals surface area contributed by atoms with Gasteiger partial charge in [-0.1, -0.05) is 103 Å². The molecule has 32 heavy (non-hydrogen) atoms. The lowest BCUT2D eigenvalue weighted by Crippen LogP contribution is -2.24. The van der Waals surface area contributed by atoms with Gasteiger partial charge < -0.3 is 0 Å². The second-order valence-corrected chi connectivity index (χ2v) is 9.04. The zero-order chi connectivity index (χ0) is 24.1. The minimum Gasteiger partial charge on any atom is -0.298 e. The first-order valence-corrected chi connectivity index (χ1v) is 11.2. The number of ketones is 1. The van der Waals surface area contributed by atoms with E-state index >= 15 is 0 Å². The summed E-state index contributed by atoms with van der Waals surface area (Å²) in [5, 5.41) is 0. The highest BCUT2D eigenvalue weighted by molar-refractivity contribution is 5.97. The van der Waals surface area contributed by atoms with Crippen LogP contribution in [0.4, 0.5) is 0 Å². The summed E-state index contributed by atoms with van der Waals surface area (Å²) < 4.78 is 0. The van der Waals surface area contributed by atoms with E-state index in [9.17, 15) is 9.59 Å². The molecule has 0 N–H and O–H groups in total. The molecule has 0 atom stereocenters. The SMILES string of the molecule is CC1=C(/C=C/C(C)=C/C=C/C(C)=C/C=C/C=C(C)/C=C/C=C(\C)C=O)C(C)(C)CCC1=O. The van der Waals surface area contributed by atoms with E-state index in [-0.39, 0.29) is 11.2 Å². The van der Waals surface area contributed by atoms with Gasteiger partial charge in [-0.05, 0) is 63.2 Å². The molecule has 0 aliphatic heterocycles. The number of carbonyl (C=O) groups is 2. The molecule has 2 nitrogen and oxygen atoms in total. The summed E-state index contributed by atoms with van der Waals surface area (Å²) in [6, 6.07) is 0. The van der Waals surface area contributed by atoms with Gasteiger partial charge in [-0.25, -0.2) is 0 Å². The number of hydrogen-bond donors (Lipinski definition) is 0. The van der Waals surface area contributed by atoms with Crippen LogP contribution in [0.3, 0.4) is 0 Å². The van der Waals surface area contributed by atoms with Crippen LogP contribution in [-0.2, 0) is 9.59 Å². The fourth-order valence-corrected chi connectivity index (χ4v) is 3.30. The maximum atomic E-state index is 12.1. The number of allylic oxidation sites excluding steroid dienone is 18. The Hall–Kier alpha value is -3.00. The van der Waals surface area contributed by atoms with Crippen LogP contribution in [0.25, 0.3) is 0 Å². The van der Waals surface area contributed by atoms with E-state index in [1.807, 2.05) is 50.3 Å². The molecule has 0 aromatic carbocycles. The van der Waals surface area contributed by atoms with E-state index in [2.05, 4.69) is 58.1 Å². The first-order chi connectivity index (χ1) is 15.1. The van der Waals surface area contributed by atoms with Crippen molar-refractivity contribution in [3.8, 4) is 0 Å². The van der Waals surface area contributed by atoms with Crippen molar-refractivity contribution in [3.63, 3.8) is 0 Å². The molecule has 0 aromatic heterocycles. The first-order valence-electron chi connectivity index (χ1n) is 11.2. The highest BCUT2D eigenvalue weighted by atomic mass is 16.1. The molecule has 0 heterocycles. The molecule has 170 valence electrons. The van der Waals surface area contributed by atoms with E-state index < -0.39 is 0 Å². The van der Waals surface area contributed by atoms with Gasteiger partial charge in [0.25, 0.3) is 0 Å². The minimum absolute atomic E-state index is 0.0457. The van der Waals surface area contributed by atoms with Crippen LogP contribution in [0.2, 0.25) is 0 Å². The standard InChI is InChI=1S/C30H38O2/c1-23(12-8-9-13-24(2)15-11-17-26(4)22-31)14-10-16-25(3)18-19-28-27(5)29(32)20-21-30(28,6)7/h8-19,22H,20-21H2,1-7H3/b9-8+,14-10+,15-11+,19-18+,23-12+,24-13+,25-16+,26-17+. The largest absolute Gasteiger partial charge is 0.298 e. The van der Waals surface area contributed by atoms with Crippen LogP contribution in [0.15, 0.2) is 106 Å². The summed E-state index contributed by atoms with van der Waals surface area (Å²) in [6.45, 7) is 14.3. The highest BCUT2D eigenvalue weighted by Gasteiger charge is 2.30. The molecular weight excluding hydrogens is 392 g/mol. The molecule has 0 aromatic rings.